The Bertz CT molecular complexity index is 284. The maximum absolute atomic E-state index is 5.82. The zero-order chi connectivity index (χ0) is 11.2. The lowest BCUT2D eigenvalue weighted by Gasteiger charge is -2.32. The molecule has 1 nitrogen and oxygen atoms in total. The first-order chi connectivity index (χ1) is 7.88. The molecule has 2 rings (SSSR count). The van der Waals surface area contributed by atoms with Gasteiger partial charge in [0.05, 0.1) is 0 Å². The first kappa shape index (κ1) is 12.4. The molecule has 1 fully saturated rings. The number of piperidine rings is 1. The number of alkyl halides is 1. The first-order valence-electron chi connectivity index (χ1n) is 6.18. The van der Waals surface area contributed by atoms with Gasteiger partial charge in [0, 0.05) is 19.0 Å². The summed E-state index contributed by atoms with van der Waals surface area (Å²) in [6, 6.07) is 2.24. The van der Waals surface area contributed by atoms with Crippen LogP contribution in [0.1, 0.15) is 24.8 Å². The molecule has 1 aliphatic heterocycles. The van der Waals surface area contributed by atoms with Crippen molar-refractivity contribution in [1.29, 1.82) is 0 Å². The van der Waals surface area contributed by atoms with E-state index in [1.165, 1.54) is 50.9 Å². The fourth-order valence-electron chi connectivity index (χ4n) is 2.47. The van der Waals surface area contributed by atoms with Crippen molar-refractivity contribution >= 4 is 22.9 Å². The first-order valence-corrected chi connectivity index (χ1v) is 7.65. The zero-order valence-electron chi connectivity index (χ0n) is 9.70. The normalized spacial score (nSPS) is 22.4. The van der Waals surface area contributed by atoms with Crippen LogP contribution in [0, 0.1) is 5.92 Å². The number of hydrogen-bond donors (Lipinski definition) is 0. The van der Waals surface area contributed by atoms with Crippen molar-refractivity contribution in [3.8, 4) is 0 Å². The molecule has 0 N–H and O–H groups in total. The minimum absolute atomic E-state index is 0.822. The maximum atomic E-state index is 5.82. The molecule has 0 spiro atoms. The Hall–Kier alpha value is -0.0500. The molecule has 16 heavy (non-hydrogen) atoms. The molecular formula is C13H20ClNS. The second kappa shape index (κ2) is 6.63. The second-order valence-corrected chi connectivity index (χ2v) is 5.83. The summed E-state index contributed by atoms with van der Waals surface area (Å²) in [6.07, 6.45) is 5.13. The van der Waals surface area contributed by atoms with Gasteiger partial charge < -0.3 is 4.90 Å². The van der Waals surface area contributed by atoms with E-state index in [9.17, 15) is 0 Å². The fourth-order valence-corrected chi connectivity index (χ4v) is 3.48. The quantitative estimate of drug-likeness (QED) is 0.728. The van der Waals surface area contributed by atoms with E-state index in [1.54, 1.807) is 11.3 Å². The van der Waals surface area contributed by atoms with Crippen molar-refractivity contribution < 1.29 is 0 Å². The maximum Gasteiger partial charge on any atom is 0.0226 e. The predicted molar refractivity (Wildman–Crippen MR) is 72.5 cm³/mol. The van der Waals surface area contributed by atoms with Gasteiger partial charge in [0.2, 0.25) is 0 Å². The summed E-state index contributed by atoms with van der Waals surface area (Å²) in [4.78, 5) is 2.61. The molecular weight excluding hydrogens is 238 g/mol. The molecule has 2 heterocycles. The fraction of sp³-hybridized carbons (Fsp3) is 0.692. The van der Waals surface area contributed by atoms with Crippen molar-refractivity contribution in [2.24, 2.45) is 5.92 Å². The van der Waals surface area contributed by atoms with E-state index in [1.807, 2.05) is 0 Å². The van der Waals surface area contributed by atoms with Crippen LogP contribution in [0.4, 0.5) is 0 Å². The summed E-state index contributed by atoms with van der Waals surface area (Å²) in [5, 5.41) is 4.43. The molecule has 3 heteroatoms. The Labute approximate surface area is 107 Å². The number of hydrogen-bond acceptors (Lipinski definition) is 2. The highest BCUT2D eigenvalue weighted by Crippen LogP contribution is 2.20. The van der Waals surface area contributed by atoms with Gasteiger partial charge in [-0.05, 0) is 60.5 Å². The highest BCUT2D eigenvalue weighted by atomic mass is 35.5. The molecule has 0 aromatic carbocycles. The van der Waals surface area contributed by atoms with Crippen LogP contribution in [0.5, 0.6) is 0 Å². The lowest BCUT2D eigenvalue weighted by Crippen LogP contribution is -2.36. The number of nitrogens with zero attached hydrogens (tertiary/aromatic N) is 1. The Balaban J connectivity index is 1.72. The molecule has 1 saturated heterocycles. The van der Waals surface area contributed by atoms with Gasteiger partial charge >= 0.3 is 0 Å². The van der Waals surface area contributed by atoms with Crippen molar-refractivity contribution in [3.63, 3.8) is 0 Å². The van der Waals surface area contributed by atoms with Crippen LogP contribution in [0.15, 0.2) is 16.8 Å². The van der Waals surface area contributed by atoms with Crippen LogP contribution >= 0.6 is 22.9 Å². The third-order valence-corrected chi connectivity index (χ3v) is 4.37. The van der Waals surface area contributed by atoms with E-state index in [-0.39, 0.29) is 0 Å². The van der Waals surface area contributed by atoms with Gasteiger partial charge in [-0.1, -0.05) is 0 Å². The topological polar surface area (TPSA) is 3.24 Å². The van der Waals surface area contributed by atoms with E-state index in [4.69, 9.17) is 11.6 Å². The highest BCUT2D eigenvalue weighted by Gasteiger charge is 2.18. The largest absolute Gasteiger partial charge is 0.303 e. The van der Waals surface area contributed by atoms with Crippen molar-refractivity contribution in [3.05, 3.63) is 22.4 Å². The predicted octanol–water partition coefficient (Wildman–Crippen LogP) is 3.63. The molecule has 0 amide bonds. The van der Waals surface area contributed by atoms with Gasteiger partial charge in [0.1, 0.15) is 0 Å². The monoisotopic (exact) mass is 257 g/mol. The van der Waals surface area contributed by atoms with Crippen LogP contribution < -0.4 is 0 Å². The molecule has 0 aliphatic carbocycles. The third-order valence-electron chi connectivity index (χ3n) is 3.42. The number of rotatable bonds is 5. The van der Waals surface area contributed by atoms with Crippen molar-refractivity contribution in [1.82, 2.24) is 4.90 Å². The second-order valence-electron chi connectivity index (χ2n) is 4.67. The van der Waals surface area contributed by atoms with Crippen LogP contribution in [-0.4, -0.2) is 30.4 Å². The molecule has 0 saturated carbocycles. The molecule has 0 bridgehead atoms. The van der Waals surface area contributed by atoms with Crippen LogP contribution in [0.2, 0.25) is 0 Å². The van der Waals surface area contributed by atoms with E-state index >= 15 is 0 Å². The lowest BCUT2D eigenvalue weighted by molar-refractivity contribution is 0.174. The van der Waals surface area contributed by atoms with E-state index in [0.717, 1.165) is 11.8 Å². The molecule has 1 aliphatic rings. The smallest absolute Gasteiger partial charge is 0.0226 e. The summed E-state index contributed by atoms with van der Waals surface area (Å²) in [5.41, 5.74) is 1.49. The Morgan fingerprint density at radius 3 is 3.19 bits per heavy atom. The summed E-state index contributed by atoms with van der Waals surface area (Å²) in [5.74, 6) is 1.66. The van der Waals surface area contributed by atoms with E-state index < -0.39 is 0 Å². The Kier molecular flexibility index (Phi) is 5.14. The summed E-state index contributed by atoms with van der Waals surface area (Å²) in [7, 11) is 0. The molecule has 0 radical (unpaired) electrons. The Morgan fingerprint density at radius 1 is 1.50 bits per heavy atom. The molecule has 1 aromatic rings. The van der Waals surface area contributed by atoms with Crippen molar-refractivity contribution in [2.45, 2.75) is 25.7 Å². The minimum Gasteiger partial charge on any atom is -0.303 e. The van der Waals surface area contributed by atoms with Gasteiger partial charge in [0.15, 0.2) is 0 Å². The lowest BCUT2D eigenvalue weighted by atomic mass is 9.95. The molecule has 1 aromatic heterocycles. The highest BCUT2D eigenvalue weighted by molar-refractivity contribution is 7.07. The van der Waals surface area contributed by atoms with E-state index in [0.29, 0.717) is 0 Å². The van der Waals surface area contributed by atoms with Crippen molar-refractivity contribution in [2.75, 3.05) is 25.5 Å². The molecule has 1 unspecified atom stereocenters. The van der Waals surface area contributed by atoms with Gasteiger partial charge in [-0.3, -0.25) is 0 Å². The standard InChI is InChI=1S/C13H20ClNS/c14-6-3-12-2-1-7-15(10-12)8-4-13-5-9-16-11-13/h5,9,11-12H,1-4,6-8,10H2. The molecule has 1 atom stereocenters. The van der Waals surface area contributed by atoms with Gasteiger partial charge in [-0.25, -0.2) is 0 Å². The van der Waals surface area contributed by atoms with Gasteiger partial charge in [-0.2, -0.15) is 11.3 Å². The van der Waals surface area contributed by atoms with Crippen LogP contribution in [-0.2, 0) is 6.42 Å². The van der Waals surface area contributed by atoms with Crippen LogP contribution in [0.25, 0.3) is 0 Å². The SMILES string of the molecule is ClCCC1CCCN(CCc2ccsc2)C1. The summed E-state index contributed by atoms with van der Waals surface area (Å²) >= 11 is 7.62. The summed E-state index contributed by atoms with van der Waals surface area (Å²) < 4.78 is 0. The average molecular weight is 258 g/mol. The Morgan fingerprint density at radius 2 is 2.44 bits per heavy atom. The van der Waals surface area contributed by atoms with Crippen LogP contribution in [0.3, 0.4) is 0 Å². The minimum atomic E-state index is 0.822. The third kappa shape index (κ3) is 3.76. The molecule has 90 valence electrons. The zero-order valence-corrected chi connectivity index (χ0v) is 11.3. The van der Waals surface area contributed by atoms with Gasteiger partial charge in [-0.15, -0.1) is 11.6 Å². The number of thiophene rings is 1. The van der Waals surface area contributed by atoms with E-state index in [2.05, 4.69) is 21.7 Å². The number of halogens is 1. The number of likely N-dealkylation sites (tertiary alicyclic amines) is 1. The summed E-state index contributed by atoms with van der Waals surface area (Å²) in [6.45, 7) is 3.76. The van der Waals surface area contributed by atoms with Gasteiger partial charge in [0.25, 0.3) is 0 Å². The average Bonchev–Trinajstić information content (AvgIpc) is 2.80.